The van der Waals surface area contributed by atoms with Crippen molar-refractivity contribution in [2.75, 3.05) is 20.2 Å². The van der Waals surface area contributed by atoms with Crippen LogP contribution in [0.25, 0.3) is 16.7 Å². The summed E-state index contributed by atoms with van der Waals surface area (Å²) in [5.74, 6) is 1.82. The van der Waals surface area contributed by atoms with Crippen LogP contribution in [0.2, 0.25) is 0 Å². The van der Waals surface area contributed by atoms with E-state index in [0.717, 1.165) is 29.7 Å². The number of piperidine rings is 1. The zero-order valence-electron chi connectivity index (χ0n) is 18.8. The smallest absolute Gasteiger partial charge is 0.255 e. The molecule has 33 heavy (non-hydrogen) atoms. The van der Waals surface area contributed by atoms with E-state index >= 15 is 0 Å². The van der Waals surface area contributed by atoms with E-state index in [2.05, 4.69) is 10.6 Å². The van der Waals surface area contributed by atoms with Gasteiger partial charge in [-0.05, 0) is 55.3 Å². The number of pyridine rings is 1. The minimum Gasteiger partial charge on any atom is -0.497 e. The minimum absolute atomic E-state index is 0.0688. The van der Waals surface area contributed by atoms with Gasteiger partial charge in [-0.1, -0.05) is 12.1 Å². The Morgan fingerprint density at radius 3 is 2.61 bits per heavy atom. The van der Waals surface area contributed by atoms with E-state index in [4.69, 9.17) is 9.72 Å². The molecule has 2 aromatic carbocycles. The molecule has 0 N–H and O–H groups in total. The molecule has 2 aromatic heterocycles. The number of para-hydroxylation sites is 2. The molecule has 0 radical (unpaired) electrons. The molecular weight excluding hydrogens is 416 g/mol. The predicted octanol–water partition coefficient (Wildman–Crippen LogP) is 3.75. The van der Waals surface area contributed by atoms with Gasteiger partial charge < -0.3 is 14.2 Å². The summed E-state index contributed by atoms with van der Waals surface area (Å²) in [4.78, 5) is 32.6. The molecule has 5 rings (SSSR count). The van der Waals surface area contributed by atoms with Gasteiger partial charge in [-0.2, -0.15) is 0 Å². The molecule has 1 aliphatic heterocycles. The van der Waals surface area contributed by atoms with Gasteiger partial charge in [-0.25, -0.2) is 4.98 Å². The van der Waals surface area contributed by atoms with Crippen molar-refractivity contribution < 1.29 is 9.53 Å². The van der Waals surface area contributed by atoms with Crippen LogP contribution in [0.4, 0.5) is 0 Å². The fourth-order valence-electron chi connectivity index (χ4n) is 4.64. The highest BCUT2D eigenvalue weighted by Crippen LogP contribution is 2.29. The number of fused-ring (bicyclic) bond motifs is 1. The van der Waals surface area contributed by atoms with Gasteiger partial charge >= 0.3 is 0 Å². The van der Waals surface area contributed by atoms with Gasteiger partial charge in [-0.3, -0.25) is 14.2 Å². The lowest BCUT2D eigenvalue weighted by atomic mass is 9.96. The minimum atomic E-state index is -0.187. The van der Waals surface area contributed by atoms with Crippen molar-refractivity contribution in [2.45, 2.75) is 18.8 Å². The Bertz CT molecular complexity index is 1370. The highest BCUT2D eigenvalue weighted by molar-refractivity contribution is 5.94. The number of likely N-dealkylation sites (tertiary alicyclic amines) is 1. The number of ether oxygens (including phenoxy) is 1. The van der Waals surface area contributed by atoms with Crippen molar-refractivity contribution in [1.29, 1.82) is 0 Å². The Hall–Kier alpha value is -3.87. The van der Waals surface area contributed by atoms with Crippen LogP contribution in [-0.4, -0.2) is 45.1 Å². The number of imidazole rings is 1. The van der Waals surface area contributed by atoms with Crippen molar-refractivity contribution in [3.8, 4) is 11.4 Å². The molecule has 1 unspecified atom stereocenters. The lowest BCUT2D eigenvalue weighted by molar-refractivity contribution is 0.0703. The first-order chi connectivity index (χ1) is 16.0. The van der Waals surface area contributed by atoms with Crippen LogP contribution in [0.15, 0.2) is 71.7 Å². The van der Waals surface area contributed by atoms with Gasteiger partial charge in [0, 0.05) is 44.0 Å². The number of rotatable bonds is 4. The molecule has 0 saturated carbocycles. The molecule has 7 heteroatoms. The van der Waals surface area contributed by atoms with Gasteiger partial charge in [0.05, 0.1) is 23.7 Å². The normalized spacial score (nSPS) is 16.2. The van der Waals surface area contributed by atoms with E-state index in [9.17, 15) is 9.59 Å². The number of nitrogens with zero attached hydrogens (tertiary/aromatic N) is 4. The second-order valence-electron chi connectivity index (χ2n) is 8.43. The van der Waals surface area contributed by atoms with E-state index in [0.29, 0.717) is 30.1 Å². The molecule has 168 valence electrons. The second-order valence-corrected chi connectivity index (χ2v) is 8.43. The SMILES string of the molecule is COc1ccc(-n2cc(C(=O)N3CCCC(c4nc5ccccc5n4C)C3)ccc2=O)cc1. The third-order valence-corrected chi connectivity index (χ3v) is 6.40. The first-order valence-corrected chi connectivity index (χ1v) is 11.1. The fourth-order valence-corrected chi connectivity index (χ4v) is 4.64. The van der Waals surface area contributed by atoms with E-state index in [1.165, 1.54) is 10.6 Å². The van der Waals surface area contributed by atoms with Crippen molar-refractivity contribution in [3.05, 3.63) is 88.6 Å². The number of aromatic nitrogens is 3. The largest absolute Gasteiger partial charge is 0.497 e. The summed E-state index contributed by atoms with van der Waals surface area (Å²) in [5, 5.41) is 0. The zero-order valence-corrected chi connectivity index (χ0v) is 18.8. The summed E-state index contributed by atoms with van der Waals surface area (Å²) in [6.07, 6.45) is 3.54. The number of aryl methyl sites for hydroxylation is 1. The number of hydrogen-bond donors (Lipinski definition) is 0. The van der Waals surface area contributed by atoms with Crippen LogP contribution in [0.5, 0.6) is 5.75 Å². The molecule has 7 nitrogen and oxygen atoms in total. The molecular formula is C26H26N4O3. The monoisotopic (exact) mass is 442 g/mol. The number of methoxy groups -OCH3 is 1. The average Bonchev–Trinajstić information content (AvgIpc) is 3.20. The van der Waals surface area contributed by atoms with E-state index < -0.39 is 0 Å². The van der Waals surface area contributed by atoms with Crippen LogP contribution < -0.4 is 10.3 Å². The molecule has 1 atom stereocenters. The van der Waals surface area contributed by atoms with Crippen LogP contribution in [0, 0.1) is 0 Å². The highest BCUT2D eigenvalue weighted by atomic mass is 16.5. The Morgan fingerprint density at radius 2 is 1.85 bits per heavy atom. The number of benzene rings is 2. The number of amides is 1. The summed E-state index contributed by atoms with van der Waals surface area (Å²) < 4.78 is 8.83. The lowest BCUT2D eigenvalue weighted by Crippen LogP contribution is -2.40. The van der Waals surface area contributed by atoms with Crippen molar-refractivity contribution in [1.82, 2.24) is 19.0 Å². The third kappa shape index (κ3) is 3.91. The first kappa shape index (κ1) is 21.0. The van der Waals surface area contributed by atoms with Crippen LogP contribution in [-0.2, 0) is 7.05 Å². The average molecular weight is 443 g/mol. The molecule has 1 amide bonds. The van der Waals surface area contributed by atoms with Crippen molar-refractivity contribution in [3.63, 3.8) is 0 Å². The van der Waals surface area contributed by atoms with Gasteiger partial charge in [0.15, 0.2) is 0 Å². The van der Waals surface area contributed by atoms with Crippen LogP contribution >= 0.6 is 0 Å². The van der Waals surface area contributed by atoms with Crippen molar-refractivity contribution >= 4 is 16.9 Å². The summed E-state index contributed by atoms with van der Waals surface area (Å²) in [7, 11) is 3.64. The van der Waals surface area contributed by atoms with Crippen LogP contribution in [0.3, 0.4) is 0 Å². The highest BCUT2D eigenvalue weighted by Gasteiger charge is 2.28. The molecule has 1 fully saturated rings. The molecule has 4 aromatic rings. The maximum absolute atomic E-state index is 13.4. The lowest BCUT2D eigenvalue weighted by Gasteiger charge is -2.32. The zero-order chi connectivity index (χ0) is 22.9. The first-order valence-electron chi connectivity index (χ1n) is 11.1. The summed E-state index contributed by atoms with van der Waals surface area (Å²) in [6, 6.07) is 18.4. The summed E-state index contributed by atoms with van der Waals surface area (Å²) in [5.41, 5.74) is 3.07. The Labute approximate surface area is 191 Å². The predicted molar refractivity (Wildman–Crippen MR) is 127 cm³/mol. The van der Waals surface area contributed by atoms with E-state index in [1.54, 1.807) is 43.6 Å². The Morgan fingerprint density at radius 1 is 1.06 bits per heavy atom. The third-order valence-electron chi connectivity index (χ3n) is 6.40. The molecule has 3 heterocycles. The van der Waals surface area contributed by atoms with Gasteiger partial charge in [-0.15, -0.1) is 0 Å². The standard InChI is InChI=1S/C26H26N4O3/c1-28-23-8-4-3-7-22(23)27-25(28)18-6-5-15-29(16-18)26(32)19-9-14-24(31)30(17-19)20-10-12-21(33-2)13-11-20/h3-4,7-14,17-18H,5-6,15-16H2,1-2H3. The number of carbonyl (C=O) groups is 1. The van der Waals surface area contributed by atoms with E-state index in [-0.39, 0.29) is 17.4 Å². The maximum Gasteiger partial charge on any atom is 0.255 e. The fraction of sp³-hybridized carbons (Fsp3) is 0.269. The maximum atomic E-state index is 13.4. The van der Waals surface area contributed by atoms with Gasteiger partial charge in [0.1, 0.15) is 11.6 Å². The topological polar surface area (TPSA) is 69.4 Å². The molecule has 1 saturated heterocycles. The molecule has 0 spiro atoms. The number of hydrogen-bond acceptors (Lipinski definition) is 4. The molecule has 0 aliphatic carbocycles. The quantitative estimate of drug-likeness (QED) is 0.483. The molecule has 1 aliphatic rings. The Balaban J connectivity index is 1.41. The second kappa shape index (κ2) is 8.58. The van der Waals surface area contributed by atoms with Crippen LogP contribution in [0.1, 0.15) is 34.9 Å². The van der Waals surface area contributed by atoms with Gasteiger partial charge in [0.25, 0.3) is 11.5 Å². The summed E-state index contributed by atoms with van der Waals surface area (Å²) >= 11 is 0. The number of carbonyl (C=O) groups excluding carboxylic acids is 1. The van der Waals surface area contributed by atoms with Gasteiger partial charge in [0.2, 0.25) is 0 Å². The van der Waals surface area contributed by atoms with Crippen molar-refractivity contribution in [2.24, 2.45) is 7.05 Å². The Kier molecular flexibility index (Phi) is 5.46. The van der Waals surface area contributed by atoms with E-state index in [1.807, 2.05) is 30.1 Å². The molecule has 0 bridgehead atoms. The summed E-state index contributed by atoms with van der Waals surface area (Å²) in [6.45, 7) is 1.30.